The number of ketones is 1. The molecule has 0 atom stereocenters. The van der Waals surface area contributed by atoms with Crippen molar-refractivity contribution >= 4 is 29.1 Å². The molecule has 3 aromatic carbocycles. The van der Waals surface area contributed by atoms with E-state index < -0.39 is 0 Å². The lowest BCUT2D eigenvalue weighted by Gasteiger charge is -2.05. The number of carbonyl (C=O) groups excluding carboxylic acids is 2. The predicted octanol–water partition coefficient (Wildman–Crippen LogP) is 4.92. The summed E-state index contributed by atoms with van der Waals surface area (Å²) in [7, 11) is 0. The van der Waals surface area contributed by atoms with Crippen molar-refractivity contribution in [2.45, 2.75) is 19.3 Å². The Morgan fingerprint density at radius 1 is 0.833 bits per heavy atom. The predicted molar refractivity (Wildman–Crippen MR) is 120 cm³/mol. The standard InChI is InChI=1S/C26H22N2O2/c29-25(20-11-5-2-6-12-20)15-16-26(30)28-27-18-24-22-14-8-7-13-21(22)17-23(24)19-9-3-1-4-10-19/h1-14,18H,15-17H2,(H,28,30)/b27-18+. The van der Waals surface area contributed by atoms with E-state index in [1.165, 1.54) is 11.1 Å². The molecule has 1 aliphatic carbocycles. The fourth-order valence-electron chi connectivity index (χ4n) is 3.65. The highest BCUT2D eigenvalue weighted by atomic mass is 16.2. The average Bonchev–Trinajstić information content (AvgIpc) is 3.17. The number of carbonyl (C=O) groups is 2. The highest BCUT2D eigenvalue weighted by molar-refractivity contribution is 6.22. The molecule has 3 aromatic rings. The number of nitrogens with one attached hydrogen (secondary N) is 1. The van der Waals surface area contributed by atoms with Gasteiger partial charge in [-0.3, -0.25) is 9.59 Å². The summed E-state index contributed by atoms with van der Waals surface area (Å²) in [6.45, 7) is 0. The molecule has 0 radical (unpaired) electrons. The van der Waals surface area contributed by atoms with Crippen molar-refractivity contribution in [2.24, 2.45) is 5.10 Å². The number of hydrogen-bond donors (Lipinski definition) is 1. The minimum Gasteiger partial charge on any atom is -0.294 e. The Kier molecular flexibility index (Phi) is 5.95. The smallest absolute Gasteiger partial charge is 0.240 e. The van der Waals surface area contributed by atoms with E-state index in [-0.39, 0.29) is 24.5 Å². The van der Waals surface area contributed by atoms with E-state index >= 15 is 0 Å². The zero-order chi connectivity index (χ0) is 20.8. The van der Waals surface area contributed by atoms with Gasteiger partial charge in [0, 0.05) is 24.0 Å². The van der Waals surface area contributed by atoms with Crippen molar-refractivity contribution in [3.8, 4) is 0 Å². The van der Waals surface area contributed by atoms with Crippen molar-refractivity contribution in [3.63, 3.8) is 0 Å². The highest BCUT2D eigenvalue weighted by Gasteiger charge is 2.21. The van der Waals surface area contributed by atoms with Crippen LogP contribution in [0.3, 0.4) is 0 Å². The monoisotopic (exact) mass is 394 g/mol. The van der Waals surface area contributed by atoms with Gasteiger partial charge < -0.3 is 0 Å². The van der Waals surface area contributed by atoms with Crippen molar-refractivity contribution in [3.05, 3.63) is 107 Å². The van der Waals surface area contributed by atoms with E-state index in [1.54, 1.807) is 18.3 Å². The third-order valence-electron chi connectivity index (χ3n) is 5.18. The number of allylic oxidation sites excluding steroid dienone is 2. The van der Waals surface area contributed by atoms with Crippen LogP contribution in [0.15, 0.2) is 90.0 Å². The molecule has 1 aliphatic rings. The van der Waals surface area contributed by atoms with Crippen LogP contribution in [0.1, 0.15) is 39.9 Å². The van der Waals surface area contributed by atoms with Gasteiger partial charge >= 0.3 is 0 Å². The molecule has 30 heavy (non-hydrogen) atoms. The number of fused-ring (bicyclic) bond motifs is 1. The van der Waals surface area contributed by atoms with E-state index in [9.17, 15) is 9.59 Å². The molecule has 148 valence electrons. The van der Waals surface area contributed by atoms with Gasteiger partial charge in [0.2, 0.25) is 5.91 Å². The lowest BCUT2D eigenvalue weighted by Crippen LogP contribution is -2.18. The van der Waals surface area contributed by atoms with Gasteiger partial charge in [-0.15, -0.1) is 0 Å². The Bertz CT molecular complexity index is 1120. The summed E-state index contributed by atoms with van der Waals surface area (Å²) in [4.78, 5) is 24.3. The van der Waals surface area contributed by atoms with Crippen LogP contribution < -0.4 is 5.43 Å². The Morgan fingerprint density at radius 2 is 1.50 bits per heavy atom. The normalized spacial score (nSPS) is 12.8. The summed E-state index contributed by atoms with van der Waals surface area (Å²) in [5, 5.41) is 4.18. The molecule has 4 rings (SSSR count). The highest BCUT2D eigenvalue weighted by Crippen LogP contribution is 2.37. The van der Waals surface area contributed by atoms with E-state index in [1.807, 2.05) is 48.5 Å². The van der Waals surface area contributed by atoms with Crippen LogP contribution in [0, 0.1) is 0 Å². The zero-order valence-corrected chi connectivity index (χ0v) is 16.5. The largest absolute Gasteiger partial charge is 0.294 e. The number of benzene rings is 3. The topological polar surface area (TPSA) is 58.5 Å². The summed E-state index contributed by atoms with van der Waals surface area (Å²) in [6.07, 6.45) is 2.81. The van der Waals surface area contributed by atoms with Crippen LogP contribution in [-0.4, -0.2) is 17.9 Å². The van der Waals surface area contributed by atoms with E-state index in [0.717, 1.165) is 23.1 Å². The minimum absolute atomic E-state index is 0.0477. The van der Waals surface area contributed by atoms with Gasteiger partial charge in [0.05, 0.1) is 6.21 Å². The minimum atomic E-state index is -0.274. The lowest BCUT2D eigenvalue weighted by molar-refractivity contribution is -0.121. The molecule has 4 heteroatoms. The van der Waals surface area contributed by atoms with Crippen LogP contribution in [0.5, 0.6) is 0 Å². The van der Waals surface area contributed by atoms with Gasteiger partial charge in [0.25, 0.3) is 0 Å². The maximum Gasteiger partial charge on any atom is 0.240 e. The molecular formula is C26H22N2O2. The molecule has 0 unspecified atom stereocenters. The van der Waals surface area contributed by atoms with E-state index in [4.69, 9.17) is 0 Å². The van der Waals surface area contributed by atoms with Gasteiger partial charge in [-0.05, 0) is 28.7 Å². The molecule has 0 fully saturated rings. The van der Waals surface area contributed by atoms with Gasteiger partial charge in [0.15, 0.2) is 5.78 Å². The lowest BCUT2D eigenvalue weighted by atomic mass is 10.0. The molecule has 4 nitrogen and oxygen atoms in total. The molecule has 0 heterocycles. The summed E-state index contributed by atoms with van der Waals surface area (Å²) in [5.41, 5.74) is 8.91. The number of Topliss-reactive ketones (excluding diaryl/α,β-unsaturated/α-hetero) is 1. The van der Waals surface area contributed by atoms with Crippen molar-refractivity contribution in [2.75, 3.05) is 0 Å². The molecular weight excluding hydrogens is 372 g/mol. The van der Waals surface area contributed by atoms with Crippen LogP contribution in [0.4, 0.5) is 0 Å². The summed E-state index contributed by atoms with van der Waals surface area (Å²) < 4.78 is 0. The molecule has 0 saturated heterocycles. The number of hydrazone groups is 1. The fourth-order valence-corrected chi connectivity index (χ4v) is 3.65. The molecule has 0 bridgehead atoms. The molecule has 1 amide bonds. The first-order chi connectivity index (χ1) is 14.7. The van der Waals surface area contributed by atoms with Gasteiger partial charge in [0.1, 0.15) is 0 Å². The second-order valence-electron chi connectivity index (χ2n) is 7.17. The van der Waals surface area contributed by atoms with Crippen LogP contribution in [0.25, 0.3) is 11.1 Å². The maximum atomic E-state index is 12.2. The van der Waals surface area contributed by atoms with Gasteiger partial charge in [-0.25, -0.2) is 5.43 Å². The molecule has 0 spiro atoms. The summed E-state index contributed by atoms with van der Waals surface area (Å²) in [6, 6.07) is 27.4. The number of nitrogens with zero attached hydrogens (tertiary/aromatic N) is 1. The van der Waals surface area contributed by atoms with Gasteiger partial charge in [-0.1, -0.05) is 84.9 Å². The molecule has 0 saturated carbocycles. The SMILES string of the molecule is O=C(CCC(=O)c1ccccc1)N/N=C/C1=C(c2ccccc2)Cc2ccccc21. The molecule has 0 aromatic heterocycles. The summed E-state index contributed by atoms with van der Waals surface area (Å²) >= 11 is 0. The Morgan fingerprint density at radius 3 is 2.27 bits per heavy atom. The third kappa shape index (κ3) is 4.44. The van der Waals surface area contributed by atoms with Crippen molar-refractivity contribution in [1.29, 1.82) is 0 Å². The van der Waals surface area contributed by atoms with Crippen LogP contribution in [0.2, 0.25) is 0 Å². The number of rotatable bonds is 7. The summed E-state index contributed by atoms with van der Waals surface area (Å²) in [5.74, 6) is -0.322. The second kappa shape index (κ2) is 9.14. The van der Waals surface area contributed by atoms with Crippen LogP contribution >= 0.6 is 0 Å². The molecule has 0 aliphatic heterocycles. The van der Waals surface area contributed by atoms with E-state index in [0.29, 0.717) is 5.56 Å². The zero-order valence-electron chi connectivity index (χ0n) is 16.5. The first-order valence-corrected chi connectivity index (χ1v) is 9.99. The number of hydrogen-bond acceptors (Lipinski definition) is 3. The fraction of sp³-hybridized carbons (Fsp3) is 0.115. The van der Waals surface area contributed by atoms with Crippen LogP contribution in [-0.2, 0) is 11.2 Å². The Hall–Kier alpha value is -3.79. The number of amides is 1. The first-order valence-electron chi connectivity index (χ1n) is 9.99. The van der Waals surface area contributed by atoms with Crippen molar-refractivity contribution in [1.82, 2.24) is 5.43 Å². The third-order valence-corrected chi connectivity index (χ3v) is 5.18. The van der Waals surface area contributed by atoms with E-state index in [2.05, 4.69) is 34.8 Å². The maximum absolute atomic E-state index is 12.2. The van der Waals surface area contributed by atoms with Crippen molar-refractivity contribution < 1.29 is 9.59 Å². The Labute approximate surface area is 176 Å². The quantitative estimate of drug-likeness (QED) is 0.351. The Balaban J connectivity index is 1.43. The first kappa shape index (κ1) is 19.5. The second-order valence-corrected chi connectivity index (χ2v) is 7.17. The average molecular weight is 394 g/mol. The van der Waals surface area contributed by atoms with Gasteiger partial charge in [-0.2, -0.15) is 5.10 Å². The molecule has 1 N–H and O–H groups in total.